The van der Waals surface area contributed by atoms with E-state index in [1.807, 2.05) is 6.92 Å². The SMILES string of the molecule is CCOc1cncc(C(=O)CCC2CCNCC2)c1. The number of Topliss-reactive ketones (excluding diaryl/α,β-unsaturated/α-hetero) is 1. The summed E-state index contributed by atoms with van der Waals surface area (Å²) in [5.74, 6) is 1.54. The summed E-state index contributed by atoms with van der Waals surface area (Å²) in [5, 5.41) is 3.34. The summed E-state index contributed by atoms with van der Waals surface area (Å²) in [5.41, 5.74) is 0.667. The Kier molecular flexibility index (Phi) is 5.33. The van der Waals surface area contributed by atoms with Crippen LogP contribution < -0.4 is 10.1 Å². The second kappa shape index (κ2) is 7.24. The van der Waals surface area contributed by atoms with Gasteiger partial charge in [-0.1, -0.05) is 0 Å². The minimum Gasteiger partial charge on any atom is -0.492 e. The maximum atomic E-state index is 12.1. The Balaban J connectivity index is 1.86. The van der Waals surface area contributed by atoms with E-state index in [4.69, 9.17) is 4.74 Å². The Hall–Kier alpha value is -1.42. The molecule has 1 saturated heterocycles. The molecule has 0 aliphatic carbocycles. The molecule has 2 rings (SSSR count). The van der Waals surface area contributed by atoms with Crippen LogP contribution in [0.1, 0.15) is 43.0 Å². The molecule has 2 heterocycles. The molecular formula is C15H22N2O2. The first kappa shape index (κ1) is 14.0. The molecule has 4 nitrogen and oxygen atoms in total. The van der Waals surface area contributed by atoms with Crippen molar-refractivity contribution in [3.63, 3.8) is 0 Å². The van der Waals surface area contributed by atoms with Crippen LogP contribution in [0.3, 0.4) is 0 Å². The monoisotopic (exact) mass is 262 g/mol. The van der Waals surface area contributed by atoms with Crippen LogP contribution in [0.4, 0.5) is 0 Å². The molecule has 1 aliphatic rings. The quantitative estimate of drug-likeness (QED) is 0.800. The first-order chi connectivity index (χ1) is 9.29. The molecule has 0 bridgehead atoms. The third-order valence-electron chi connectivity index (χ3n) is 3.58. The lowest BCUT2D eigenvalue weighted by atomic mass is 9.91. The standard InChI is InChI=1S/C15H22N2O2/c1-2-19-14-9-13(10-17-11-14)15(18)4-3-12-5-7-16-8-6-12/h9-12,16H,2-8H2,1H3. The van der Waals surface area contributed by atoms with Crippen molar-refractivity contribution in [2.45, 2.75) is 32.6 Å². The number of pyridine rings is 1. The summed E-state index contributed by atoms with van der Waals surface area (Å²) < 4.78 is 5.37. The maximum absolute atomic E-state index is 12.1. The predicted octanol–water partition coefficient (Wildman–Crippen LogP) is 2.44. The molecule has 1 fully saturated rings. The summed E-state index contributed by atoms with van der Waals surface area (Å²) in [6.45, 7) is 4.68. The van der Waals surface area contributed by atoms with Crippen LogP contribution in [0.15, 0.2) is 18.5 Å². The number of hydrogen-bond acceptors (Lipinski definition) is 4. The van der Waals surface area contributed by atoms with Crippen LogP contribution in [0.5, 0.6) is 5.75 Å². The van der Waals surface area contributed by atoms with E-state index in [0.29, 0.717) is 30.3 Å². The fourth-order valence-corrected chi connectivity index (χ4v) is 2.47. The Morgan fingerprint density at radius 2 is 2.21 bits per heavy atom. The molecule has 0 spiro atoms. The molecule has 1 aromatic heterocycles. The molecule has 1 aromatic rings. The molecule has 0 atom stereocenters. The van der Waals surface area contributed by atoms with Gasteiger partial charge in [0.2, 0.25) is 0 Å². The van der Waals surface area contributed by atoms with Gasteiger partial charge in [-0.15, -0.1) is 0 Å². The van der Waals surface area contributed by atoms with Crippen LogP contribution >= 0.6 is 0 Å². The smallest absolute Gasteiger partial charge is 0.164 e. The highest BCUT2D eigenvalue weighted by atomic mass is 16.5. The summed E-state index contributed by atoms with van der Waals surface area (Å²) in [6, 6.07) is 1.79. The van der Waals surface area contributed by atoms with E-state index < -0.39 is 0 Å². The van der Waals surface area contributed by atoms with Gasteiger partial charge in [-0.05, 0) is 51.3 Å². The molecule has 0 unspecified atom stereocenters. The molecule has 0 saturated carbocycles. The van der Waals surface area contributed by atoms with Crippen molar-refractivity contribution in [3.8, 4) is 5.75 Å². The van der Waals surface area contributed by atoms with Crippen molar-refractivity contribution in [2.75, 3.05) is 19.7 Å². The third-order valence-corrected chi connectivity index (χ3v) is 3.58. The lowest BCUT2D eigenvalue weighted by Crippen LogP contribution is -2.28. The number of nitrogens with zero attached hydrogens (tertiary/aromatic N) is 1. The second-order valence-corrected chi connectivity index (χ2v) is 5.00. The molecule has 0 aromatic carbocycles. The minimum absolute atomic E-state index is 0.174. The number of hydrogen-bond donors (Lipinski definition) is 1. The van der Waals surface area contributed by atoms with E-state index >= 15 is 0 Å². The van der Waals surface area contributed by atoms with Gasteiger partial charge in [-0.2, -0.15) is 0 Å². The summed E-state index contributed by atoms with van der Waals surface area (Å²) in [6.07, 6.45) is 7.25. The van der Waals surface area contributed by atoms with Crippen LogP contribution in [0.2, 0.25) is 0 Å². The van der Waals surface area contributed by atoms with E-state index in [0.717, 1.165) is 19.5 Å². The highest BCUT2D eigenvalue weighted by molar-refractivity contribution is 5.96. The first-order valence-electron chi connectivity index (χ1n) is 7.11. The third kappa shape index (κ3) is 4.31. The van der Waals surface area contributed by atoms with Crippen LogP contribution in [0, 0.1) is 5.92 Å². The van der Waals surface area contributed by atoms with E-state index in [2.05, 4.69) is 10.3 Å². The lowest BCUT2D eigenvalue weighted by molar-refractivity contribution is 0.0970. The largest absolute Gasteiger partial charge is 0.492 e. The van der Waals surface area contributed by atoms with Gasteiger partial charge in [-0.25, -0.2) is 0 Å². The van der Waals surface area contributed by atoms with Gasteiger partial charge < -0.3 is 10.1 Å². The number of nitrogens with one attached hydrogen (secondary N) is 1. The van der Waals surface area contributed by atoms with Gasteiger partial charge in [0.1, 0.15) is 5.75 Å². The van der Waals surface area contributed by atoms with E-state index in [1.165, 1.54) is 12.8 Å². The highest BCUT2D eigenvalue weighted by Gasteiger charge is 2.15. The average molecular weight is 262 g/mol. The minimum atomic E-state index is 0.174. The van der Waals surface area contributed by atoms with Crippen molar-refractivity contribution in [3.05, 3.63) is 24.0 Å². The van der Waals surface area contributed by atoms with Crippen molar-refractivity contribution < 1.29 is 9.53 Å². The van der Waals surface area contributed by atoms with Crippen molar-refractivity contribution in [2.24, 2.45) is 5.92 Å². The van der Waals surface area contributed by atoms with Gasteiger partial charge in [0.05, 0.1) is 12.8 Å². The Bertz CT molecular complexity index is 414. The number of rotatable bonds is 6. The first-order valence-corrected chi connectivity index (χ1v) is 7.11. The second-order valence-electron chi connectivity index (χ2n) is 5.00. The maximum Gasteiger partial charge on any atom is 0.164 e. The molecule has 4 heteroatoms. The zero-order valence-corrected chi connectivity index (χ0v) is 11.5. The molecule has 0 radical (unpaired) electrons. The van der Waals surface area contributed by atoms with Crippen LogP contribution in [0.25, 0.3) is 0 Å². The van der Waals surface area contributed by atoms with Crippen molar-refractivity contribution in [1.29, 1.82) is 0 Å². The van der Waals surface area contributed by atoms with Crippen LogP contribution in [-0.2, 0) is 0 Å². The van der Waals surface area contributed by atoms with Gasteiger partial charge in [-0.3, -0.25) is 9.78 Å². The van der Waals surface area contributed by atoms with Gasteiger partial charge in [0.25, 0.3) is 0 Å². The normalized spacial score (nSPS) is 16.3. The number of aromatic nitrogens is 1. The van der Waals surface area contributed by atoms with E-state index in [-0.39, 0.29) is 5.78 Å². The highest BCUT2D eigenvalue weighted by Crippen LogP contribution is 2.20. The fraction of sp³-hybridized carbons (Fsp3) is 0.600. The zero-order valence-electron chi connectivity index (χ0n) is 11.5. The average Bonchev–Trinajstić information content (AvgIpc) is 2.46. The molecule has 0 amide bonds. The van der Waals surface area contributed by atoms with Crippen LogP contribution in [-0.4, -0.2) is 30.5 Å². The summed E-state index contributed by atoms with van der Waals surface area (Å²) in [4.78, 5) is 16.2. The topological polar surface area (TPSA) is 51.2 Å². The Morgan fingerprint density at radius 3 is 2.95 bits per heavy atom. The molecule has 19 heavy (non-hydrogen) atoms. The van der Waals surface area contributed by atoms with Crippen molar-refractivity contribution >= 4 is 5.78 Å². The number of piperidine rings is 1. The summed E-state index contributed by atoms with van der Waals surface area (Å²) in [7, 11) is 0. The number of carbonyl (C=O) groups is 1. The molecule has 1 N–H and O–H groups in total. The predicted molar refractivity (Wildman–Crippen MR) is 74.6 cm³/mol. The van der Waals surface area contributed by atoms with E-state index in [1.54, 1.807) is 18.5 Å². The van der Waals surface area contributed by atoms with E-state index in [9.17, 15) is 4.79 Å². The van der Waals surface area contributed by atoms with Gasteiger partial charge in [0, 0.05) is 18.2 Å². The number of ketones is 1. The Labute approximate surface area is 114 Å². The van der Waals surface area contributed by atoms with Crippen molar-refractivity contribution in [1.82, 2.24) is 10.3 Å². The summed E-state index contributed by atoms with van der Waals surface area (Å²) >= 11 is 0. The van der Waals surface area contributed by atoms with Gasteiger partial charge in [0.15, 0.2) is 5.78 Å². The molecular weight excluding hydrogens is 240 g/mol. The number of carbonyl (C=O) groups excluding carboxylic acids is 1. The number of ether oxygens (including phenoxy) is 1. The fourth-order valence-electron chi connectivity index (χ4n) is 2.47. The zero-order chi connectivity index (χ0) is 13.5. The lowest BCUT2D eigenvalue weighted by Gasteiger charge is -2.22. The van der Waals surface area contributed by atoms with Gasteiger partial charge >= 0.3 is 0 Å². The molecule has 1 aliphatic heterocycles. The molecule has 104 valence electrons. The Morgan fingerprint density at radius 1 is 1.42 bits per heavy atom.